The van der Waals surface area contributed by atoms with E-state index in [0.717, 1.165) is 5.56 Å². The predicted molar refractivity (Wildman–Crippen MR) is 45.1 cm³/mol. The van der Waals surface area contributed by atoms with E-state index in [4.69, 9.17) is 5.11 Å². The average molecular weight is 168 g/mol. The molecule has 0 saturated carbocycles. The Labute approximate surface area is 70.9 Å². The van der Waals surface area contributed by atoms with Crippen molar-refractivity contribution in [3.8, 4) is 11.5 Å². The Morgan fingerprint density at radius 3 is 2.17 bits per heavy atom. The van der Waals surface area contributed by atoms with Gasteiger partial charge in [-0.1, -0.05) is 6.92 Å². The number of phenols is 2. The molecule has 12 heavy (non-hydrogen) atoms. The van der Waals surface area contributed by atoms with E-state index in [0.29, 0.717) is 12.0 Å². The molecule has 0 fully saturated rings. The monoisotopic (exact) mass is 168 g/mol. The van der Waals surface area contributed by atoms with Crippen LogP contribution in [0.1, 0.15) is 18.1 Å². The van der Waals surface area contributed by atoms with Gasteiger partial charge in [0.15, 0.2) is 0 Å². The maximum atomic E-state index is 9.27. The molecule has 0 heterocycles. The summed E-state index contributed by atoms with van der Waals surface area (Å²) < 4.78 is 0. The molecule has 0 unspecified atom stereocenters. The summed E-state index contributed by atoms with van der Waals surface area (Å²) in [4.78, 5) is 0. The van der Waals surface area contributed by atoms with Crippen LogP contribution in [0.3, 0.4) is 0 Å². The summed E-state index contributed by atoms with van der Waals surface area (Å²) in [5, 5.41) is 27.2. The lowest BCUT2D eigenvalue weighted by Crippen LogP contribution is -1.88. The second kappa shape index (κ2) is 3.45. The van der Waals surface area contributed by atoms with Crippen molar-refractivity contribution in [1.82, 2.24) is 0 Å². The number of hydrogen-bond donors (Lipinski definition) is 3. The first-order chi connectivity index (χ1) is 5.69. The van der Waals surface area contributed by atoms with Crippen molar-refractivity contribution in [2.75, 3.05) is 0 Å². The fourth-order valence-corrected chi connectivity index (χ4v) is 1.08. The summed E-state index contributed by atoms with van der Waals surface area (Å²) in [6, 6.07) is 2.86. The fourth-order valence-electron chi connectivity index (χ4n) is 1.08. The second-order valence-electron chi connectivity index (χ2n) is 2.62. The molecule has 0 aliphatic rings. The molecule has 3 N–H and O–H groups in total. The molecule has 0 radical (unpaired) electrons. The van der Waals surface area contributed by atoms with Gasteiger partial charge in [-0.2, -0.15) is 0 Å². The van der Waals surface area contributed by atoms with E-state index in [2.05, 4.69) is 0 Å². The molecule has 0 spiro atoms. The first-order valence-electron chi connectivity index (χ1n) is 3.83. The molecule has 0 saturated heterocycles. The lowest BCUT2D eigenvalue weighted by Gasteiger charge is -2.06. The van der Waals surface area contributed by atoms with Crippen LogP contribution in [0.15, 0.2) is 12.1 Å². The highest BCUT2D eigenvalue weighted by Crippen LogP contribution is 2.27. The molecule has 0 amide bonds. The van der Waals surface area contributed by atoms with E-state index in [1.54, 1.807) is 6.07 Å². The standard InChI is InChI=1S/C9H12O3/c1-2-6-3-7(5-10)9(12)4-8(6)11/h3-4,10-12H,2,5H2,1H3. The largest absolute Gasteiger partial charge is 0.508 e. The Morgan fingerprint density at radius 1 is 1.08 bits per heavy atom. The molecule has 0 aromatic heterocycles. The van der Waals surface area contributed by atoms with Crippen LogP contribution in [0.25, 0.3) is 0 Å². The van der Waals surface area contributed by atoms with Crippen molar-refractivity contribution in [3.63, 3.8) is 0 Å². The van der Waals surface area contributed by atoms with Crippen molar-refractivity contribution in [3.05, 3.63) is 23.3 Å². The van der Waals surface area contributed by atoms with Gasteiger partial charge in [0, 0.05) is 11.6 Å². The minimum Gasteiger partial charge on any atom is -0.508 e. The van der Waals surface area contributed by atoms with Gasteiger partial charge >= 0.3 is 0 Å². The van der Waals surface area contributed by atoms with Crippen LogP contribution in [0.2, 0.25) is 0 Å². The molecule has 1 rings (SSSR count). The summed E-state index contributed by atoms with van der Waals surface area (Å²) in [7, 11) is 0. The van der Waals surface area contributed by atoms with E-state index in [9.17, 15) is 10.2 Å². The van der Waals surface area contributed by atoms with Crippen LogP contribution in [-0.2, 0) is 13.0 Å². The number of aryl methyl sites for hydroxylation is 1. The SMILES string of the molecule is CCc1cc(CO)c(O)cc1O. The van der Waals surface area contributed by atoms with E-state index in [-0.39, 0.29) is 18.1 Å². The molecule has 1 aromatic rings. The summed E-state index contributed by atoms with van der Waals surface area (Å²) in [6.07, 6.45) is 0.680. The van der Waals surface area contributed by atoms with Crippen LogP contribution in [-0.4, -0.2) is 15.3 Å². The Kier molecular flexibility index (Phi) is 2.55. The number of rotatable bonds is 2. The average Bonchev–Trinajstić information content (AvgIpc) is 2.05. The molecule has 1 aromatic carbocycles. The van der Waals surface area contributed by atoms with Gasteiger partial charge < -0.3 is 15.3 Å². The molecular formula is C9H12O3. The number of aromatic hydroxyl groups is 2. The van der Waals surface area contributed by atoms with Crippen LogP contribution in [0.5, 0.6) is 11.5 Å². The van der Waals surface area contributed by atoms with Gasteiger partial charge in [0.2, 0.25) is 0 Å². The van der Waals surface area contributed by atoms with Crippen LogP contribution >= 0.6 is 0 Å². The van der Waals surface area contributed by atoms with Crippen LogP contribution in [0.4, 0.5) is 0 Å². The molecule has 0 atom stereocenters. The Hall–Kier alpha value is -1.22. The summed E-state index contributed by atoms with van der Waals surface area (Å²) in [5.41, 5.74) is 1.18. The highest BCUT2D eigenvalue weighted by Gasteiger charge is 2.05. The number of phenolic OH excluding ortho intramolecular Hbond substituents is 1. The van der Waals surface area contributed by atoms with Crippen molar-refractivity contribution >= 4 is 0 Å². The topological polar surface area (TPSA) is 60.7 Å². The molecular weight excluding hydrogens is 156 g/mol. The third kappa shape index (κ3) is 1.51. The van der Waals surface area contributed by atoms with E-state index < -0.39 is 0 Å². The van der Waals surface area contributed by atoms with Crippen LogP contribution in [0, 0.1) is 0 Å². The van der Waals surface area contributed by atoms with Crippen molar-refractivity contribution in [1.29, 1.82) is 0 Å². The zero-order valence-corrected chi connectivity index (χ0v) is 6.91. The number of aliphatic hydroxyl groups is 1. The second-order valence-corrected chi connectivity index (χ2v) is 2.62. The molecule has 3 heteroatoms. The molecule has 0 aliphatic heterocycles. The van der Waals surface area contributed by atoms with Gasteiger partial charge in [-0.25, -0.2) is 0 Å². The Balaban J connectivity index is 3.18. The normalized spacial score (nSPS) is 10.2. The van der Waals surface area contributed by atoms with Gasteiger partial charge in [0.1, 0.15) is 11.5 Å². The van der Waals surface area contributed by atoms with E-state index in [1.165, 1.54) is 6.07 Å². The predicted octanol–water partition coefficient (Wildman–Crippen LogP) is 1.15. The summed E-state index contributed by atoms with van der Waals surface area (Å²) in [6.45, 7) is 1.69. The number of aliphatic hydroxyl groups excluding tert-OH is 1. The van der Waals surface area contributed by atoms with Gasteiger partial charge in [0.25, 0.3) is 0 Å². The zero-order valence-electron chi connectivity index (χ0n) is 6.91. The van der Waals surface area contributed by atoms with Crippen molar-refractivity contribution in [2.24, 2.45) is 0 Å². The third-order valence-corrected chi connectivity index (χ3v) is 1.83. The van der Waals surface area contributed by atoms with Gasteiger partial charge in [-0.05, 0) is 18.1 Å². The molecule has 3 nitrogen and oxygen atoms in total. The molecule has 0 bridgehead atoms. The Bertz CT molecular complexity index is 256. The first kappa shape index (κ1) is 8.87. The highest BCUT2D eigenvalue weighted by molar-refractivity contribution is 5.44. The molecule has 66 valence electrons. The number of benzene rings is 1. The number of hydrogen-bond acceptors (Lipinski definition) is 3. The smallest absolute Gasteiger partial charge is 0.124 e. The zero-order chi connectivity index (χ0) is 9.14. The lowest BCUT2D eigenvalue weighted by atomic mass is 10.1. The highest BCUT2D eigenvalue weighted by atomic mass is 16.3. The maximum Gasteiger partial charge on any atom is 0.124 e. The summed E-state index contributed by atoms with van der Waals surface area (Å²) >= 11 is 0. The van der Waals surface area contributed by atoms with Gasteiger partial charge in [-0.15, -0.1) is 0 Å². The van der Waals surface area contributed by atoms with E-state index in [1.807, 2.05) is 6.92 Å². The summed E-state index contributed by atoms with van der Waals surface area (Å²) in [5.74, 6) is 0.0133. The van der Waals surface area contributed by atoms with Gasteiger partial charge in [0.05, 0.1) is 6.61 Å². The molecule has 0 aliphatic carbocycles. The minimum absolute atomic E-state index is 0.0628. The first-order valence-corrected chi connectivity index (χ1v) is 3.83. The Morgan fingerprint density at radius 2 is 1.67 bits per heavy atom. The third-order valence-electron chi connectivity index (χ3n) is 1.83. The van der Waals surface area contributed by atoms with E-state index >= 15 is 0 Å². The quantitative estimate of drug-likeness (QED) is 0.620. The lowest BCUT2D eigenvalue weighted by molar-refractivity contribution is 0.275. The van der Waals surface area contributed by atoms with Crippen molar-refractivity contribution < 1.29 is 15.3 Å². The van der Waals surface area contributed by atoms with Crippen LogP contribution < -0.4 is 0 Å². The van der Waals surface area contributed by atoms with Crippen molar-refractivity contribution in [2.45, 2.75) is 20.0 Å². The fraction of sp³-hybridized carbons (Fsp3) is 0.333. The minimum atomic E-state index is -0.209. The van der Waals surface area contributed by atoms with Gasteiger partial charge in [-0.3, -0.25) is 0 Å². The maximum absolute atomic E-state index is 9.27.